The fourth-order valence-corrected chi connectivity index (χ4v) is 12.5. The summed E-state index contributed by atoms with van der Waals surface area (Å²) in [6.07, 6.45) is 12.6. The maximum atomic E-state index is 13.0. The van der Waals surface area contributed by atoms with E-state index in [4.69, 9.17) is 16.7 Å². The van der Waals surface area contributed by atoms with Crippen molar-refractivity contribution in [2.75, 3.05) is 0 Å². The van der Waals surface area contributed by atoms with Crippen LogP contribution in [0.15, 0.2) is 91.0 Å². The minimum absolute atomic E-state index is 0.0517. The first-order valence-electron chi connectivity index (χ1n) is 30.6. The lowest BCUT2D eigenvalue weighted by Crippen LogP contribution is -2.53. The van der Waals surface area contributed by atoms with Crippen LogP contribution in [0.4, 0.5) is 0 Å². The molecule has 6 aromatic rings. The van der Waals surface area contributed by atoms with Crippen LogP contribution in [0.3, 0.4) is 0 Å². The fourth-order valence-electron chi connectivity index (χ4n) is 12.5. The monoisotopic (exact) mass is 1190 g/mol. The average Bonchev–Trinajstić information content (AvgIpc) is 3.20. The number of para-hydroxylation sites is 3. The molecule has 21 nitrogen and oxygen atoms in total. The van der Waals surface area contributed by atoms with Gasteiger partial charge in [-0.2, -0.15) is 10.5 Å². The van der Waals surface area contributed by atoms with Gasteiger partial charge < -0.3 is 57.1 Å². The topological polar surface area (TPSA) is 323 Å². The van der Waals surface area contributed by atoms with Crippen LogP contribution in [0.2, 0.25) is 0 Å². The second kappa shape index (κ2) is 31.4. The molecule has 0 aliphatic heterocycles. The Morgan fingerprint density at radius 2 is 0.897 bits per heavy atom. The molecule has 3 aliphatic rings. The van der Waals surface area contributed by atoms with Crippen LogP contribution < -0.4 is 43.4 Å². The molecule has 10 N–H and O–H groups in total. The van der Waals surface area contributed by atoms with E-state index in [0.29, 0.717) is 42.8 Å². The molecule has 87 heavy (non-hydrogen) atoms. The molecule has 0 radical (unpaired) electrons. The van der Waals surface area contributed by atoms with Crippen molar-refractivity contribution in [3.63, 3.8) is 0 Å². The van der Waals surface area contributed by atoms with E-state index >= 15 is 0 Å². The number of carbonyl (C=O) groups is 8. The molecule has 0 saturated heterocycles. The summed E-state index contributed by atoms with van der Waals surface area (Å²) in [5.74, 6) is -3.33. The number of nitriles is 2. The van der Waals surface area contributed by atoms with Gasteiger partial charge in [-0.15, -0.1) is 0 Å². The van der Waals surface area contributed by atoms with Gasteiger partial charge in [0, 0.05) is 90.9 Å². The second-order valence-corrected chi connectivity index (χ2v) is 23.4. The lowest BCUT2D eigenvalue weighted by Gasteiger charge is -2.32. The van der Waals surface area contributed by atoms with Crippen LogP contribution >= 0.6 is 0 Å². The summed E-state index contributed by atoms with van der Waals surface area (Å²) in [5, 5.41) is 38.6. The van der Waals surface area contributed by atoms with Gasteiger partial charge in [-0.05, 0) is 101 Å². The highest BCUT2D eigenvalue weighted by Crippen LogP contribution is 2.30. The van der Waals surface area contributed by atoms with Crippen LogP contribution in [-0.2, 0) is 45.1 Å². The third kappa shape index (κ3) is 17.1. The van der Waals surface area contributed by atoms with Gasteiger partial charge >= 0.3 is 0 Å². The fraction of sp³-hybridized carbons (Fsp3) is 0.485. The number of primary amides is 2. The normalized spacial score (nSPS) is 20.0. The van der Waals surface area contributed by atoms with Crippen LogP contribution in [0.5, 0.6) is 0 Å². The molecule has 9 rings (SSSR count). The molecule has 8 amide bonds. The van der Waals surface area contributed by atoms with Crippen molar-refractivity contribution in [3.05, 3.63) is 108 Å². The number of aryl methyl sites for hydroxylation is 3. The van der Waals surface area contributed by atoms with Gasteiger partial charge in [-0.25, -0.2) is 0 Å². The third-order valence-corrected chi connectivity index (χ3v) is 17.3. The van der Waals surface area contributed by atoms with Crippen LogP contribution in [0, 0.1) is 40.4 Å². The number of nitrogens with two attached hydrogens (primary N) is 2. The van der Waals surface area contributed by atoms with E-state index in [1.54, 1.807) is 0 Å². The van der Waals surface area contributed by atoms with E-state index in [1.807, 2.05) is 145 Å². The highest BCUT2D eigenvalue weighted by molar-refractivity contribution is 6.01. The Labute approximate surface area is 508 Å². The number of fused-ring (bicyclic) bond motifs is 3. The van der Waals surface area contributed by atoms with Crippen molar-refractivity contribution in [2.24, 2.45) is 50.4 Å². The molecule has 3 fully saturated rings. The predicted molar refractivity (Wildman–Crippen MR) is 333 cm³/mol. The number of carbonyl (C=O) groups excluding carboxylic acids is 8. The second-order valence-electron chi connectivity index (χ2n) is 23.4. The molecule has 3 aromatic heterocycles. The quantitative estimate of drug-likeness (QED) is 0.0378. The molecule has 9 atom stereocenters. The van der Waals surface area contributed by atoms with Gasteiger partial charge in [0.15, 0.2) is 0 Å². The Morgan fingerprint density at radius 3 is 1.24 bits per heavy atom. The van der Waals surface area contributed by atoms with Gasteiger partial charge in [-0.1, -0.05) is 106 Å². The van der Waals surface area contributed by atoms with Crippen LogP contribution in [-0.4, -0.2) is 97.2 Å². The molecular weight excluding hydrogens is 1100 g/mol. The SMILES string of the molecule is CCC[C@@H](C)NC(=O)[C@@H]1CCCC[C@@H]1NC(=O)c1cc2ccccc2n1C.Cn1c(C(=O)N[C@H]2CCCC[C@H]2C(=O)NC(C#N)CCC#N)cc2ccccc21.Cn1c(C(=O)N[C@H]2CCCC[C@H]2C(=O)N[C@@H](CCC(N)=O)C(N)=O)cc2ccccc21. The summed E-state index contributed by atoms with van der Waals surface area (Å²) in [5.41, 5.74) is 15.2. The maximum Gasteiger partial charge on any atom is 0.268 e. The molecule has 21 heteroatoms. The zero-order valence-corrected chi connectivity index (χ0v) is 50.7. The molecule has 1 unspecified atom stereocenters. The first kappa shape index (κ1) is 65.6. The predicted octanol–water partition coefficient (Wildman–Crippen LogP) is 7.25. The number of nitrogens with one attached hydrogen (secondary N) is 6. The van der Waals surface area contributed by atoms with E-state index in [2.05, 4.69) is 38.8 Å². The number of hydrogen-bond acceptors (Lipinski definition) is 10. The lowest BCUT2D eigenvalue weighted by molar-refractivity contribution is -0.131. The molecule has 3 aliphatic carbocycles. The van der Waals surface area contributed by atoms with Gasteiger partial charge in [-0.3, -0.25) is 38.4 Å². The standard InChI is InChI=1S/C22H29N5O4.C22H25N5O2.C22H31N3O2/c1-27-17-9-5-2-6-13(17)12-18(27)22(31)25-15-8-4-3-7-14(15)21(30)26-16(20(24)29)10-11-19(23)28;1-27-19-11-5-2-7-15(19)13-20(27)22(29)26-18-10-4-3-9-17(18)21(28)25-16(14-24)8-6-12-23;1-4-9-15(2)23-21(26)17-11-6-7-12-18(17)24-22(27)20-14-16-10-5-8-13-19(16)25(20)3/h2,5-6,9,12,14-16H,3-4,7-8,10-11H2,1H3,(H2,23,28)(H2,24,29)(H,25,31)(H,26,30);2,5,7,11,13,16-18H,3-4,6,8-10H2,1H3,(H,25,28)(H,26,29);5,8,10,13-15,17-18H,4,6-7,9,11-12H2,1-3H3,(H,23,26)(H,24,27)/t14-,15+,16+;16?,17-,18+;15-,17-,18+/m111/s1. The Kier molecular flexibility index (Phi) is 23.7. The molecular formula is C66H85N13O8. The van der Waals surface area contributed by atoms with E-state index in [9.17, 15) is 43.6 Å². The summed E-state index contributed by atoms with van der Waals surface area (Å²) < 4.78 is 5.61. The van der Waals surface area contributed by atoms with Crippen LogP contribution in [0.1, 0.15) is 161 Å². The molecule has 3 heterocycles. The van der Waals surface area contributed by atoms with Crippen LogP contribution in [0.25, 0.3) is 32.7 Å². The van der Waals surface area contributed by atoms with E-state index in [0.717, 1.165) is 103 Å². The van der Waals surface area contributed by atoms with E-state index < -0.39 is 29.8 Å². The Hall–Kier alpha value is -8.98. The zero-order chi connectivity index (χ0) is 62.7. The van der Waals surface area contributed by atoms with E-state index in [-0.39, 0.29) is 90.7 Å². The number of nitrogens with zero attached hydrogens (tertiary/aromatic N) is 5. The number of benzene rings is 3. The smallest absolute Gasteiger partial charge is 0.268 e. The van der Waals surface area contributed by atoms with Crippen molar-refractivity contribution in [1.29, 1.82) is 10.5 Å². The molecule has 0 spiro atoms. The minimum Gasteiger partial charge on any atom is -0.370 e. The number of aromatic nitrogens is 3. The number of rotatable bonds is 20. The summed E-state index contributed by atoms with van der Waals surface area (Å²) in [6, 6.07) is 30.9. The summed E-state index contributed by atoms with van der Waals surface area (Å²) >= 11 is 0. The lowest BCUT2D eigenvalue weighted by atomic mass is 9.83. The van der Waals surface area contributed by atoms with Gasteiger partial charge in [0.25, 0.3) is 17.7 Å². The molecule has 462 valence electrons. The summed E-state index contributed by atoms with van der Waals surface area (Å²) in [4.78, 5) is 100.0. The van der Waals surface area contributed by atoms with Crippen molar-refractivity contribution in [2.45, 2.75) is 166 Å². The molecule has 0 bridgehead atoms. The van der Waals surface area contributed by atoms with Gasteiger partial charge in [0.2, 0.25) is 29.5 Å². The first-order valence-corrected chi connectivity index (χ1v) is 30.6. The highest BCUT2D eigenvalue weighted by Gasteiger charge is 2.37. The Morgan fingerprint density at radius 1 is 0.529 bits per heavy atom. The average molecular weight is 1190 g/mol. The minimum atomic E-state index is -0.976. The van der Waals surface area contributed by atoms with Gasteiger partial charge in [0.1, 0.15) is 29.2 Å². The Balaban J connectivity index is 0.000000187. The summed E-state index contributed by atoms with van der Waals surface area (Å²) in [7, 11) is 5.60. The largest absolute Gasteiger partial charge is 0.370 e. The maximum absolute atomic E-state index is 13.0. The zero-order valence-electron chi connectivity index (χ0n) is 50.7. The van der Waals surface area contributed by atoms with Crippen molar-refractivity contribution in [3.8, 4) is 12.1 Å². The summed E-state index contributed by atoms with van der Waals surface area (Å²) in [6.45, 7) is 4.17. The molecule has 3 aromatic carbocycles. The molecule has 3 saturated carbocycles. The number of amides is 8. The highest BCUT2D eigenvalue weighted by atomic mass is 16.2. The van der Waals surface area contributed by atoms with Crippen molar-refractivity contribution < 1.29 is 38.4 Å². The van der Waals surface area contributed by atoms with Crippen molar-refractivity contribution in [1.82, 2.24) is 45.6 Å². The Bertz CT molecular complexity index is 3510. The van der Waals surface area contributed by atoms with Crippen molar-refractivity contribution >= 4 is 80.0 Å². The number of hydrogen-bond donors (Lipinski definition) is 8. The van der Waals surface area contributed by atoms with Gasteiger partial charge in [0.05, 0.1) is 29.9 Å². The van der Waals surface area contributed by atoms with E-state index in [1.165, 1.54) is 0 Å². The first-order chi connectivity index (χ1) is 41.8. The third-order valence-electron chi connectivity index (χ3n) is 17.3.